The molecule has 16 heavy (non-hydrogen) atoms. The summed E-state index contributed by atoms with van der Waals surface area (Å²) in [6.07, 6.45) is 5.37. The molecule has 0 radical (unpaired) electrons. The number of nitrogen functional groups attached to an aromatic ring is 1. The van der Waals surface area contributed by atoms with Gasteiger partial charge in [-0.15, -0.1) is 0 Å². The summed E-state index contributed by atoms with van der Waals surface area (Å²) in [4.78, 5) is 0. The van der Waals surface area contributed by atoms with E-state index in [1.165, 1.54) is 25.7 Å². The zero-order valence-electron chi connectivity index (χ0n) is 10.0. The largest absolute Gasteiger partial charge is 0.383 e. The van der Waals surface area contributed by atoms with Crippen LogP contribution in [0.5, 0.6) is 0 Å². The van der Waals surface area contributed by atoms with Gasteiger partial charge in [0.1, 0.15) is 5.82 Å². The topological polar surface area (TPSA) is 43.8 Å². The molecule has 4 heteroatoms. The minimum atomic E-state index is 0.747. The molecule has 1 aliphatic rings. The van der Waals surface area contributed by atoms with Crippen molar-refractivity contribution in [2.75, 3.05) is 5.73 Å². The molecule has 0 saturated heterocycles. The highest BCUT2D eigenvalue weighted by atomic mass is 79.9. The van der Waals surface area contributed by atoms with Crippen LogP contribution in [-0.4, -0.2) is 9.78 Å². The summed E-state index contributed by atoms with van der Waals surface area (Å²) in [6.45, 7) is 5.31. The Morgan fingerprint density at radius 1 is 1.50 bits per heavy atom. The lowest BCUT2D eigenvalue weighted by atomic mass is 9.82. The molecule has 3 nitrogen and oxygen atoms in total. The lowest BCUT2D eigenvalue weighted by molar-refractivity contribution is 0.251. The molecule has 1 aliphatic carbocycles. The maximum absolute atomic E-state index is 6.01. The predicted molar refractivity (Wildman–Crippen MR) is 70.2 cm³/mol. The van der Waals surface area contributed by atoms with E-state index in [-0.39, 0.29) is 0 Å². The van der Waals surface area contributed by atoms with Gasteiger partial charge in [0.2, 0.25) is 0 Å². The Labute approximate surface area is 106 Å². The molecule has 2 N–H and O–H groups in total. The molecule has 0 aliphatic heterocycles. The van der Waals surface area contributed by atoms with E-state index in [4.69, 9.17) is 5.73 Å². The van der Waals surface area contributed by atoms with Crippen molar-refractivity contribution in [3.05, 3.63) is 10.2 Å². The summed E-state index contributed by atoms with van der Waals surface area (Å²) in [5.41, 5.74) is 7.00. The summed E-state index contributed by atoms with van der Waals surface area (Å²) in [5, 5.41) is 4.47. The van der Waals surface area contributed by atoms with E-state index in [1.54, 1.807) is 0 Å². The number of hydrogen-bond acceptors (Lipinski definition) is 2. The highest BCUT2D eigenvalue weighted by Gasteiger charge is 2.21. The monoisotopic (exact) mass is 285 g/mol. The fraction of sp³-hybridized carbons (Fsp3) is 0.750. The molecule has 0 amide bonds. The van der Waals surface area contributed by atoms with Crippen molar-refractivity contribution in [1.29, 1.82) is 0 Å². The highest BCUT2D eigenvalue weighted by molar-refractivity contribution is 9.10. The third-order valence-corrected chi connectivity index (χ3v) is 4.55. The number of anilines is 1. The predicted octanol–water partition coefficient (Wildman–Crippen LogP) is 3.36. The van der Waals surface area contributed by atoms with Gasteiger partial charge in [-0.2, -0.15) is 5.10 Å². The summed E-state index contributed by atoms with van der Waals surface area (Å²) < 4.78 is 2.92. The van der Waals surface area contributed by atoms with E-state index in [1.807, 2.05) is 11.6 Å². The van der Waals surface area contributed by atoms with Gasteiger partial charge in [-0.25, -0.2) is 4.68 Å². The van der Waals surface area contributed by atoms with Gasteiger partial charge >= 0.3 is 0 Å². The molecule has 1 saturated carbocycles. The van der Waals surface area contributed by atoms with Crippen molar-refractivity contribution < 1.29 is 0 Å². The summed E-state index contributed by atoms with van der Waals surface area (Å²) >= 11 is 3.47. The molecule has 1 heterocycles. The maximum atomic E-state index is 6.01. The van der Waals surface area contributed by atoms with Crippen molar-refractivity contribution in [3.63, 3.8) is 0 Å². The Kier molecular flexibility index (Phi) is 3.57. The molecule has 1 aromatic heterocycles. The molecular formula is C12H20BrN3. The van der Waals surface area contributed by atoms with Gasteiger partial charge in [0.25, 0.3) is 0 Å². The number of halogens is 1. The Morgan fingerprint density at radius 3 is 2.81 bits per heavy atom. The molecule has 0 spiro atoms. The minimum Gasteiger partial charge on any atom is -0.383 e. The van der Waals surface area contributed by atoms with Crippen LogP contribution in [0, 0.1) is 18.8 Å². The third-order valence-electron chi connectivity index (χ3n) is 3.57. The van der Waals surface area contributed by atoms with E-state index >= 15 is 0 Å². The Bertz CT molecular complexity index is 373. The average Bonchev–Trinajstić information content (AvgIpc) is 2.47. The lowest BCUT2D eigenvalue weighted by Gasteiger charge is -2.26. The van der Waals surface area contributed by atoms with Crippen LogP contribution >= 0.6 is 15.9 Å². The van der Waals surface area contributed by atoms with Gasteiger partial charge in [0, 0.05) is 6.54 Å². The molecule has 1 fully saturated rings. The van der Waals surface area contributed by atoms with Crippen molar-refractivity contribution in [3.8, 4) is 0 Å². The summed E-state index contributed by atoms with van der Waals surface area (Å²) in [6, 6.07) is 0. The smallest absolute Gasteiger partial charge is 0.136 e. The minimum absolute atomic E-state index is 0.747. The lowest BCUT2D eigenvalue weighted by Crippen LogP contribution is -2.20. The van der Waals surface area contributed by atoms with Crippen LogP contribution in [0.25, 0.3) is 0 Å². The fourth-order valence-electron chi connectivity index (χ4n) is 2.69. The van der Waals surface area contributed by atoms with Gasteiger partial charge in [-0.1, -0.05) is 19.8 Å². The third kappa shape index (κ3) is 2.42. The SMILES string of the molecule is Cc1nn(CC2CCCC(C)C2)c(N)c1Br. The molecule has 90 valence electrons. The van der Waals surface area contributed by atoms with Crippen LogP contribution in [-0.2, 0) is 6.54 Å². The van der Waals surface area contributed by atoms with Crippen LogP contribution in [0.3, 0.4) is 0 Å². The van der Waals surface area contributed by atoms with Crippen LogP contribution in [0.15, 0.2) is 4.47 Å². The molecule has 2 rings (SSSR count). The molecule has 0 bridgehead atoms. The highest BCUT2D eigenvalue weighted by Crippen LogP contribution is 2.31. The second-order valence-corrected chi connectivity index (χ2v) is 5.90. The number of nitrogens with two attached hydrogens (primary N) is 1. The first-order chi connectivity index (χ1) is 7.58. The van der Waals surface area contributed by atoms with E-state index < -0.39 is 0 Å². The molecule has 1 aromatic rings. The fourth-order valence-corrected chi connectivity index (χ4v) is 2.97. The van der Waals surface area contributed by atoms with Crippen molar-refractivity contribution >= 4 is 21.7 Å². The van der Waals surface area contributed by atoms with E-state index in [9.17, 15) is 0 Å². The van der Waals surface area contributed by atoms with Crippen LogP contribution in [0.1, 0.15) is 38.3 Å². The summed E-state index contributed by atoms with van der Waals surface area (Å²) in [5.74, 6) is 2.38. The normalized spacial score (nSPS) is 25.9. The van der Waals surface area contributed by atoms with Crippen molar-refractivity contribution in [1.82, 2.24) is 9.78 Å². The zero-order valence-corrected chi connectivity index (χ0v) is 11.6. The van der Waals surface area contributed by atoms with Crippen LogP contribution < -0.4 is 5.73 Å². The van der Waals surface area contributed by atoms with Gasteiger partial charge in [0.05, 0.1) is 10.2 Å². The molecule has 0 aromatic carbocycles. The zero-order chi connectivity index (χ0) is 11.7. The number of aryl methyl sites for hydroxylation is 1. The molecule has 2 atom stereocenters. The van der Waals surface area contributed by atoms with Gasteiger partial charge in [0.15, 0.2) is 0 Å². The second-order valence-electron chi connectivity index (χ2n) is 5.10. The van der Waals surface area contributed by atoms with E-state index in [0.29, 0.717) is 0 Å². The Morgan fingerprint density at radius 2 is 2.25 bits per heavy atom. The standard InChI is InChI=1S/C12H20BrN3/c1-8-4-3-5-10(6-8)7-16-12(14)11(13)9(2)15-16/h8,10H,3-7,14H2,1-2H3. The number of rotatable bonds is 2. The Balaban J connectivity index is 2.05. The second kappa shape index (κ2) is 4.78. The first kappa shape index (κ1) is 12.0. The van der Waals surface area contributed by atoms with Crippen LogP contribution in [0.2, 0.25) is 0 Å². The summed E-state index contributed by atoms with van der Waals surface area (Å²) in [7, 11) is 0. The average molecular weight is 286 g/mol. The first-order valence-electron chi connectivity index (χ1n) is 6.06. The number of hydrogen-bond donors (Lipinski definition) is 1. The van der Waals surface area contributed by atoms with Crippen LogP contribution in [0.4, 0.5) is 5.82 Å². The Hall–Kier alpha value is -0.510. The van der Waals surface area contributed by atoms with Gasteiger partial charge < -0.3 is 5.73 Å². The van der Waals surface area contributed by atoms with Gasteiger partial charge in [-0.3, -0.25) is 0 Å². The molecular weight excluding hydrogens is 266 g/mol. The number of nitrogens with zero attached hydrogens (tertiary/aromatic N) is 2. The quantitative estimate of drug-likeness (QED) is 0.906. The van der Waals surface area contributed by atoms with Crippen molar-refractivity contribution in [2.24, 2.45) is 11.8 Å². The van der Waals surface area contributed by atoms with E-state index in [2.05, 4.69) is 28.0 Å². The maximum Gasteiger partial charge on any atom is 0.136 e. The number of aromatic nitrogens is 2. The van der Waals surface area contributed by atoms with E-state index in [0.717, 1.165) is 34.4 Å². The van der Waals surface area contributed by atoms with Crippen molar-refractivity contribution in [2.45, 2.75) is 46.1 Å². The first-order valence-corrected chi connectivity index (χ1v) is 6.85. The van der Waals surface area contributed by atoms with Gasteiger partial charge in [-0.05, 0) is 47.5 Å². The molecule has 2 unspecified atom stereocenters.